The largest absolute Gasteiger partial charge is 0.573 e. The van der Waals surface area contributed by atoms with Gasteiger partial charge in [0.1, 0.15) is 17.9 Å². The minimum Gasteiger partial charge on any atom is -0.406 e. The molecule has 3 amide bonds. The van der Waals surface area contributed by atoms with E-state index in [0.29, 0.717) is 35.7 Å². The molecule has 1 atom stereocenters. The lowest BCUT2D eigenvalue weighted by Crippen LogP contribution is -2.32. The highest BCUT2D eigenvalue weighted by molar-refractivity contribution is 8.15. The van der Waals surface area contributed by atoms with Crippen LogP contribution in [-0.4, -0.2) is 50.5 Å². The van der Waals surface area contributed by atoms with E-state index in [1.165, 1.54) is 64.1 Å². The highest BCUT2D eigenvalue weighted by Crippen LogP contribution is 2.34. The van der Waals surface area contributed by atoms with Gasteiger partial charge in [0.05, 0.1) is 17.1 Å². The van der Waals surface area contributed by atoms with Crippen LogP contribution in [-0.2, 0) is 11.2 Å². The van der Waals surface area contributed by atoms with Crippen LogP contribution in [0.2, 0.25) is 0 Å². The summed E-state index contributed by atoms with van der Waals surface area (Å²) in [6.07, 6.45) is -1.82. The third-order valence-electron chi connectivity index (χ3n) is 7.35. The predicted molar refractivity (Wildman–Crippen MR) is 172 cm³/mol. The molecule has 9 nitrogen and oxygen atoms in total. The topological polar surface area (TPSA) is 102 Å². The standard InChI is InChI=1S/C33H32F4N6O3S/c1-20(2)27-17-24(34)8-13-28(27)43-29(44)18-47-32(43)40-31(45)38-15-14-21(3)16-22-4-6-23(7-5-22)30-39-19-42(41-30)25-9-11-26(12-10-25)46-33(35,36)37/h4-13,17,19-21H,14-16,18H2,1-3H3,(H,38,45)/b40-32-. The molecule has 246 valence electrons. The van der Waals surface area contributed by atoms with Gasteiger partial charge in [0.25, 0.3) is 0 Å². The van der Waals surface area contributed by atoms with E-state index in [9.17, 15) is 27.2 Å². The summed E-state index contributed by atoms with van der Waals surface area (Å²) in [6.45, 7) is 6.29. The minimum atomic E-state index is -4.76. The fraction of sp³-hybridized carbons (Fsp3) is 0.303. The van der Waals surface area contributed by atoms with Crippen LogP contribution in [0.3, 0.4) is 0 Å². The number of hydrogen-bond acceptors (Lipinski definition) is 6. The number of benzene rings is 3. The second kappa shape index (κ2) is 14.4. The Morgan fingerprint density at radius 1 is 1.06 bits per heavy atom. The third-order valence-corrected chi connectivity index (χ3v) is 8.27. The molecule has 3 aromatic carbocycles. The molecule has 5 rings (SSSR count). The Balaban J connectivity index is 1.12. The van der Waals surface area contributed by atoms with Gasteiger partial charge in [-0.1, -0.05) is 56.8 Å². The molecule has 47 heavy (non-hydrogen) atoms. The smallest absolute Gasteiger partial charge is 0.406 e. The molecule has 14 heteroatoms. The maximum atomic E-state index is 13.9. The SMILES string of the molecule is CC(CCNC(=O)/N=C1\SCC(=O)N1c1ccc(F)cc1C(C)C)Cc1ccc(-c2ncn(-c3ccc(OC(F)(F)F)cc3)n2)cc1. The fourth-order valence-electron chi connectivity index (χ4n) is 5.04. The van der Waals surface area contributed by atoms with Crippen LogP contribution in [0.4, 0.5) is 28.0 Å². The molecule has 1 aromatic heterocycles. The number of ether oxygens (including phenoxy) is 1. The molecule has 1 saturated heterocycles. The number of nitrogens with zero attached hydrogens (tertiary/aromatic N) is 5. The maximum Gasteiger partial charge on any atom is 0.573 e. The molecule has 0 saturated carbocycles. The summed E-state index contributed by atoms with van der Waals surface area (Å²) < 4.78 is 56.5. The average molecular weight is 669 g/mol. The first-order valence-electron chi connectivity index (χ1n) is 14.8. The number of anilines is 1. The van der Waals surface area contributed by atoms with Gasteiger partial charge in [-0.2, -0.15) is 4.99 Å². The quantitative estimate of drug-likeness (QED) is 0.176. The monoisotopic (exact) mass is 668 g/mol. The fourth-order valence-corrected chi connectivity index (χ4v) is 5.90. The molecule has 1 fully saturated rings. The number of amidine groups is 1. The lowest BCUT2D eigenvalue weighted by atomic mass is 9.97. The van der Waals surface area contributed by atoms with Crippen molar-refractivity contribution in [3.63, 3.8) is 0 Å². The number of carbonyl (C=O) groups is 2. The molecule has 1 aliphatic heterocycles. The second-order valence-electron chi connectivity index (χ2n) is 11.4. The normalized spacial score (nSPS) is 15.0. The van der Waals surface area contributed by atoms with Crippen LogP contribution in [0.15, 0.2) is 78.0 Å². The molecule has 0 aliphatic carbocycles. The number of carbonyl (C=O) groups excluding carboxylic acids is 2. The molecular formula is C33H32F4N6O3S. The van der Waals surface area contributed by atoms with Gasteiger partial charge < -0.3 is 10.1 Å². The molecule has 1 unspecified atom stereocenters. The van der Waals surface area contributed by atoms with Crippen LogP contribution >= 0.6 is 11.8 Å². The third kappa shape index (κ3) is 8.76. The first-order valence-corrected chi connectivity index (χ1v) is 15.8. The number of amides is 3. The van der Waals surface area contributed by atoms with Crippen LogP contribution in [0, 0.1) is 11.7 Å². The van der Waals surface area contributed by atoms with Crippen molar-refractivity contribution in [2.24, 2.45) is 10.9 Å². The van der Waals surface area contributed by atoms with Gasteiger partial charge in [-0.05, 0) is 78.3 Å². The van der Waals surface area contributed by atoms with E-state index >= 15 is 0 Å². The maximum absolute atomic E-state index is 13.9. The molecule has 0 spiro atoms. The zero-order chi connectivity index (χ0) is 33.7. The van der Waals surface area contributed by atoms with Gasteiger partial charge in [0, 0.05) is 12.1 Å². The summed E-state index contributed by atoms with van der Waals surface area (Å²) in [6, 6.07) is 16.8. The summed E-state index contributed by atoms with van der Waals surface area (Å²) in [5, 5.41) is 7.51. The summed E-state index contributed by atoms with van der Waals surface area (Å²) in [5.74, 6) is -0.118. The van der Waals surface area contributed by atoms with E-state index in [2.05, 4.69) is 32.1 Å². The highest BCUT2D eigenvalue weighted by atomic mass is 32.2. The molecule has 1 N–H and O–H groups in total. The van der Waals surface area contributed by atoms with Gasteiger partial charge in [-0.15, -0.1) is 18.3 Å². The number of urea groups is 1. The van der Waals surface area contributed by atoms with Crippen LogP contribution in [0.5, 0.6) is 5.75 Å². The number of aliphatic imine (C=N–C) groups is 1. The van der Waals surface area contributed by atoms with Crippen molar-refractivity contribution in [3.05, 3.63) is 90.0 Å². The Morgan fingerprint density at radius 3 is 2.47 bits per heavy atom. The Hall–Kier alpha value is -4.72. The van der Waals surface area contributed by atoms with Crippen LogP contribution in [0.25, 0.3) is 17.1 Å². The Kier molecular flexibility index (Phi) is 10.3. The molecule has 2 heterocycles. The van der Waals surface area contributed by atoms with E-state index in [1.807, 2.05) is 38.1 Å². The van der Waals surface area contributed by atoms with Crippen LogP contribution in [0.1, 0.15) is 44.2 Å². The van der Waals surface area contributed by atoms with Gasteiger partial charge in [0.15, 0.2) is 11.0 Å². The first kappa shape index (κ1) is 33.6. The van der Waals surface area contributed by atoms with Crippen molar-refractivity contribution in [1.82, 2.24) is 20.1 Å². The Morgan fingerprint density at radius 2 is 1.79 bits per heavy atom. The van der Waals surface area contributed by atoms with E-state index < -0.39 is 18.2 Å². The van der Waals surface area contributed by atoms with Crippen molar-refractivity contribution in [2.75, 3.05) is 17.2 Å². The molecular weight excluding hydrogens is 636 g/mol. The molecule has 0 bridgehead atoms. The van der Waals surface area contributed by atoms with Crippen molar-refractivity contribution in [2.45, 2.75) is 45.9 Å². The first-order chi connectivity index (χ1) is 22.4. The van der Waals surface area contributed by atoms with Gasteiger partial charge in [0.2, 0.25) is 5.91 Å². The zero-order valence-corrected chi connectivity index (χ0v) is 26.6. The van der Waals surface area contributed by atoms with E-state index in [0.717, 1.165) is 17.5 Å². The van der Waals surface area contributed by atoms with Crippen molar-refractivity contribution < 1.29 is 31.9 Å². The van der Waals surface area contributed by atoms with Crippen LogP contribution < -0.4 is 15.0 Å². The number of hydrogen-bond donors (Lipinski definition) is 1. The van der Waals surface area contributed by atoms with E-state index in [4.69, 9.17) is 0 Å². The average Bonchev–Trinajstić information content (AvgIpc) is 3.64. The summed E-state index contributed by atoms with van der Waals surface area (Å²) >= 11 is 1.17. The Labute approximate surface area is 273 Å². The second-order valence-corrected chi connectivity index (χ2v) is 12.3. The summed E-state index contributed by atoms with van der Waals surface area (Å²) in [5.41, 5.74) is 3.59. The number of rotatable bonds is 10. The van der Waals surface area contributed by atoms with Crippen molar-refractivity contribution in [3.8, 4) is 22.8 Å². The summed E-state index contributed by atoms with van der Waals surface area (Å²) in [7, 11) is 0. The van der Waals surface area contributed by atoms with Gasteiger partial charge in [-0.25, -0.2) is 18.9 Å². The zero-order valence-electron chi connectivity index (χ0n) is 25.8. The molecule has 4 aromatic rings. The predicted octanol–water partition coefficient (Wildman–Crippen LogP) is 7.51. The van der Waals surface area contributed by atoms with Gasteiger partial charge in [-0.3, -0.25) is 9.69 Å². The number of thioether (sulfide) groups is 1. The highest BCUT2D eigenvalue weighted by Gasteiger charge is 2.33. The minimum absolute atomic E-state index is 0.0355. The number of alkyl halides is 3. The summed E-state index contributed by atoms with van der Waals surface area (Å²) in [4.78, 5) is 35.2. The molecule has 1 aliphatic rings. The molecule has 0 radical (unpaired) electrons. The van der Waals surface area contributed by atoms with Crippen molar-refractivity contribution >= 4 is 34.6 Å². The van der Waals surface area contributed by atoms with E-state index in [-0.39, 0.29) is 34.4 Å². The Bertz CT molecular complexity index is 1760. The van der Waals surface area contributed by atoms with E-state index in [1.54, 1.807) is 6.07 Å². The number of halogens is 4. The lowest BCUT2D eigenvalue weighted by Gasteiger charge is -2.21. The lowest BCUT2D eigenvalue weighted by molar-refractivity contribution is -0.274. The van der Waals surface area contributed by atoms with Crippen molar-refractivity contribution in [1.29, 1.82) is 0 Å². The number of aromatic nitrogens is 3. The number of nitrogens with one attached hydrogen (secondary N) is 1. The van der Waals surface area contributed by atoms with Gasteiger partial charge >= 0.3 is 12.4 Å².